The lowest BCUT2D eigenvalue weighted by molar-refractivity contribution is 0.182. The average Bonchev–Trinajstić information content (AvgIpc) is 2.56. The van der Waals surface area contributed by atoms with Crippen molar-refractivity contribution in [3.63, 3.8) is 0 Å². The van der Waals surface area contributed by atoms with Gasteiger partial charge in [-0.2, -0.15) is 0 Å². The molecule has 1 heterocycles. The summed E-state index contributed by atoms with van der Waals surface area (Å²) in [6.07, 6.45) is 0.350. The molecule has 5 nitrogen and oxygen atoms in total. The summed E-state index contributed by atoms with van der Waals surface area (Å²) in [5, 5.41) is 2.47. The first kappa shape index (κ1) is 17.7. The minimum atomic E-state index is -3.15. The van der Waals surface area contributed by atoms with Gasteiger partial charge in [0, 0.05) is 18.2 Å². The number of nitrogens with zero attached hydrogens (tertiary/aromatic N) is 1. The first-order valence-electron chi connectivity index (χ1n) is 7.39. The molecule has 1 fully saturated rings. The summed E-state index contributed by atoms with van der Waals surface area (Å²) in [6, 6.07) is 1.63. The zero-order valence-corrected chi connectivity index (χ0v) is 13.9. The van der Waals surface area contributed by atoms with Crippen molar-refractivity contribution < 1.29 is 22.0 Å². The van der Waals surface area contributed by atoms with E-state index in [4.69, 9.17) is 0 Å². The van der Waals surface area contributed by atoms with Gasteiger partial charge in [0.1, 0.15) is 11.6 Å². The summed E-state index contributed by atoms with van der Waals surface area (Å²) >= 11 is 0. The van der Waals surface area contributed by atoms with E-state index in [1.165, 1.54) is 17.0 Å². The first-order chi connectivity index (χ1) is 10.7. The van der Waals surface area contributed by atoms with E-state index in [1.807, 2.05) is 0 Å². The average molecular weight is 346 g/mol. The van der Waals surface area contributed by atoms with Crippen LogP contribution in [0.5, 0.6) is 0 Å². The number of carbonyl (C=O) groups excluding carboxylic acids is 1. The van der Waals surface area contributed by atoms with Gasteiger partial charge in [-0.3, -0.25) is 0 Å². The van der Waals surface area contributed by atoms with E-state index < -0.39 is 27.5 Å². The smallest absolute Gasteiger partial charge is 0.317 e. The summed E-state index contributed by atoms with van der Waals surface area (Å²) in [5.74, 6) is -1.49. The number of hydrogen-bond donors (Lipinski definition) is 1. The second kappa shape index (κ2) is 6.82. The Morgan fingerprint density at radius 1 is 1.30 bits per heavy atom. The predicted octanol–water partition coefficient (Wildman–Crippen LogP) is 1.99. The summed E-state index contributed by atoms with van der Waals surface area (Å²) < 4.78 is 50.8. The fourth-order valence-electron chi connectivity index (χ4n) is 2.53. The highest BCUT2D eigenvalue weighted by Crippen LogP contribution is 2.16. The fourth-order valence-corrected chi connectivity index (χ4v) is 3.91. The van der Waals surface area contributed by atoms with Gasteiger partial charge in [0.15, 0.2) is 9.84 Å². The molecule has 1 saturated heterocycles. The van der Waals surface area contributed by atoms with E-state index in [0.29, 0.717) is 12.0 Å². The Morgan fingerprint density at radius 3 is 2.52 bits per heavy atom. The third-order valence-electron chi connectivity index (χ3n) is 3.98. The normalized spacial score (nSPS) is 20.9. The topological polar surface area (TPSA) is 66.5 Å². The second-order valence-electron chi connectivity index (χ2n) is 5.85. The fraction of sp³-hybridized carbons (Fsp3) is 0.533. The van der Waals surface area contributed by atoms with Crippen molar-refractivity contribution in [3.05, 3.63) is 34.9 Å². The maximum atomic E-state index is 13.8. The number of urea groups is 1. The van der Waals surface area contributed by atoms with Crippen LogP contribution in [0.25, 0.3) is 0 Å². The molecule has 0 unspecified atom stereocenters. The van der Waals surface area contributed by atoms with Gasteiger partial charge >= 0.3 is 6.03 Å². The van der Waals surface area contributed by atoms with Gasteiger partial charge in [0.05, 0.1) is 18.1 Å². The summed E-state index contributed by atoms with van der Waals surface area (Å²) in [5.41, 5.74) is 0.250. The van der Waals surface area contributed by atoms with Crippen molar-refractivity contribution in [1.82, 2.24) is 10.2 Å². The number of hydrogen-bond acceptors (Lipinski definition) is 3. The van der Waals surface area contributed by atoms with Gasteiger partial charge in [0.25, 0.3) is 0 Å². The van der Waals surface area contributed by atoms with Crippen LogP contribution in [0.3, 0.4) is 0 Å². The van der Waals surface area contributed by atoms with Crippen LogP contribution in [0.1, 0.15) is 24.5 Å². The van der Waals surface area contributed by atoms with E-state index in [0.717, 1.165) is 0 Å². The molecule has 0 aliphatic carbocycles. The number of amides is 2. The Balaban J connectivity index is 2.05. The van der Waals surface area contributed by atoms with Crippen LogP contribution in [-0.2, 0) is 16.4 Å². The molecule has 1 aromatic carbocycles. The number of nitrogens with one attached hydrogen (secondary N) is 1. The Kier molecular flexibility index (Phi) is 5.23. The number of halogens is 2. The van der Waals surface area contributed by atoms with Crippen LogP contribution in [0.4, 0.5) is 13.6 Å². The molecule has 23 heavy (non-hydrogen) atoms. The predicted molar refractivity (Wildman–Crippen MR) is 82.8 cm³/mol. The number of rotatable bonds is 2. The molecule has 1 aliphatic heterocycles. The highest BCUT2D eigenvalue weighted by atomic mass is 32.2. The molecular formula is C15H20F2N2O3S. The maximum absolute atomic E-state index is 13.8. The lowest BCUT2D eigenvalue weighted by Crippen LogP contribution is -2.45. The summed E-state index contributed by atoms with van der Waals surface area (Å²) in [4.78, 5) is 13.6. The van der Waals surface area contributed by atoms with Crippen LogP contribution < -0.4 is 5.32 Å². The zero-order chi connectivity index (χ0) is 17.2. The number of sulfone groups is 1. The number of carbonyl (C=O) groups is 1. The molecule has 1 aliphatic rings. The largest absolute Gasteiger partial charge is 0.334 e. The molecular weight excluding hydrogens is 326 g/mol. The van der Waals surface area contributed by atoms with Crippen molar-refractivity contribution in [2.45, 2.75) is 32.9 Å². The third-order valence-corrected chi connectivity index (χ3v) is 5.65. The Labute approximate surface area is 134 Å². The lowest BCUT2D eigenvalue weighted by Gasteiger charge is -2.26. The van der Waals surface area contributed by atoms with Crippen LogP contribution in [-0.4, -0.2) is 43.4 Å². The molecule has 2 amide bonds. The van der Waals surface area contributed by atoms with E-state index in [1.54, 1.807) is 13.8 Å². The Bertz CT molecular complexity index is 684. The minimum absolute atomic E-state index is 0.0408. The van der Waals surface area contributed by atoms with Gasteiger partial charge in [-0.05, 0) is 38.0 Å². The maximum Gasteiger partial charge on any atom is 0.317 e. The molecule has 0 aromatic heterocycles. The first-order valence-corrected chi connectivity index (χ1v) is 9.21. The second-order valence-corrected chi connectivity index (χ2v) is 8.15. The van der Waals surface area contributed by atoms with E-state index in [9.17, 15) is 22.0 Å². The molecule has 1 aromatic rings. The molecule has 1 N–H and O–H groups in total. The van der Waals surface area contributed by atoms with Gasteiger partial charge in [-0.25, -0.2) is 22.0 Å². The van der Waals surface area contributed by atoms with Crippen molar-refractivity contribution in [2.24, 2.45) is 0 Å². The zero-order valence-electron chi connectivity index (χ0n) is 13.1. The van der Waals surface area contributed by atoms with Crippen LogP contribution >= 0.6 is 0 Å². The number of benzene rings is 1. The molecule has 8 heteroatoms. The molecule has 128 valence electrons. The van der Waals surface area contributed by atoms with Gasteiger partial charge in [0.2, 0.25) is 0 Å². The lowest BCUT2D eigenvalue weighted by atomic mass is 10.1. The third kappa shape index (κ3) is 4.40. The van der Waals surface area contributed by atoms with Crippen molar-refractivity contribution in [3.8, 4) is 0 Å². The molecule has 0 saturated carbocycles. The van der Waals surface area contributed by atoms with Gasteiger partial charge in [-0.15, -0.1) is 0 Å². The highest BCUT2D eigenvalue weighted by Gasteiger charge is 2.27. The summed E-state index contributed by atoms with van der Waals surface area (Å²) in [7, 11) is -3.15. The van der Waals surface area contributed by atoms with Crippen LogP contribution in [0.2, 0.25) is 0 Å². The SMILES string of the molecule is Cc1cc(F)c(CNC(=O)N2CCS(=O)(=O)CC[C@@H]2C)c(F)c1. The van der Waals surface area contributed by atoms with E-state index in [2.05, 4.69) is 5.32 Å². The monoisotopic (exact) mass is 346 g/mol. The van der Waals surface area contributed by atoms with Crippen molar-refractivity contribution >= 4 is 15.9 Å². The number of aryl methyl sites for hydroxylation is 1. The minimum Gasteiger partial charge on any atom is -0.334 e. The molecule has 0 radical (unpaired) electrons. The molecule has 2 rings (SSSR count). The quantitative estimate of drug-likeness (QED) is 0.891. The Hall–Kier alpha value is -1.70. The van der Waals surface area contributed by atoms with E-state index in [-0.39, 0.29) is 36.2 Å². The summed E-state index contributed by atoms with van der Waals surface area (Å²) in [6.45, 7) is 3.13. The van der Waals surface area contributed by atoms with Crippen molar-refractivity contribution in [2.75, 3.05) is 18.1 Å². The van der Waals surface area contributed by atoms with Gasteiger partial charge in [-0.1, -0.05) is 0 Å². The standard InChI is InChI=1S/C15H20F2N2O3S/c1-10-7-13(16)12(14(17)8-10)9-18-15(20)19-4-6-23(21,22)5-3-11(19)2/h7-8,11H,3-6,9H2,1-2H3,(H,18,20)/t11-/m0/s1. The molecule has 0 spiro atoms. The molecule has 1 atom stereocenters. The van der Waals surface area contributed by atoms with E-state index >= 15 is 0 Å². The van der Waals surface area contributed by atoms with Gasteiger partial charge < -0.3 is 10.2 Å². The molecule has 0 bridgehead atoms. The highest BCUT2D eigenvalue weighted by molar-refractivity contribution is 7.91. The Morgan fingerprint density at radius 2 is 1.91 bits per heavy atom. The van der Waals surface area contributed by atoms with Crippen LogP contribution in [0.15, 0.2) is 12.1 Å². The van der Waals surface area contributed by atoms with Crippen LogP contribution in [0, 0.1) is 18.6 Å². The van der Waals surface area contributed by atoms with Crippen molar-refractivity contribution in [1.29, 1.82) is 0 Å².